The SMILES string of the molecule is C=C=CC.[H-].[H-].[Mg+2]. The van der Waals surface area contributed by atoms with Gasteiger partial charge in [-0.3, -0.25) is 0 Å². The molecule has 0 aliphatic carbocycles. The van der Waals surface area contributed by atoms with Crippen LogP contribution in [0.5, 0.6) is 0 Å². The van der Waals surface area contributed by atoms with Crippen LogP contribution in [0.15, 0.2) is 18.4 Å². The maximum Gasteiger partial charge on any atom is 2.00 e. The van der Waals surface area contributed by atoms with Gasteiger partial charge in [0.25, 0.3) is 0 Å². The van der Waals surface area contributed by atoms with Gasteiger partial charge in [0.1, 0.15) is 0 Å². The molecule has 0 saturated carbocycles. The Kier molecular flexibility index (Phi) is 15.9. The molecule has 26 valence electrons. The van der Waals surface area contributed by atoms with Crippen molar-refractivity contribution in [3.63, 3.8) is 0 Å². The van der Waals surface area contributed by atoms with Gasteiger partial charge in [0.15, 0.2) is 0 Å². The molecule has 1 heteroatoms. The fourth-order valence-electron chi connectivity index (χ4n) is 0. The van der Waals surface area contributed by atoms with Gasteiger partial charge in [-0.15, -0.1) is 5.73 Å². The average molecular weight is 80.4 g/mol. The topological polar surface area (TPSA) is 0 Å². The van der Waals surface area contributed by atoms with Crippen LogP contribution in [-0.2, 0) is 0 Å². The van der Waals surface area contributed by atoms with E-state index in [2.05, 4.69) is 12.3 Å². The first-order valence-corrected chi connectivity index (χ1v) is 1.22. The summed E-state index contributed by atoms with van der Waals surface area (Å²) in [5.74, 6) is 0. The zero-order valence-electron chi connectivity index (χ0n) is 5.49. The normalized spacial score (nSPS) is 3.40. The molecule has 0 aromatic heterocycles. The van der Waals surface area contributed by atoms with Crippen LogP contribution >= 0.6 is 0 Å². The smallest absolute Gasteiger partial charge is 1.00 e. The first-order valence-electron chi connectivity index (χ1n) is 1.22. The molecule has 0 aromatic carbocycles. The number of allylic oxidation sites excluding steroid dienone is 1. The van der Waals surface area contributed by atoms with Crippen LogP contribution < -0.4 is 0 Å². The van der Waals surface area contributed by atoms with Gasteiger partial charge in [0.05, 0.1) is 0 Å². The molecule has 0 fully saturated rings. The minimum atomic E-state index is 0. The van der Waals surface area contributed by atoms with Crippen molar-refractivity contribution in [2.24, 2.45) is 0 Å². The molecule has 0 nitrogen and oxygen atoms in total. The van der Waals surface area contributed by atoms with Gasteiger partial charge in [-0.1, -0.05) is 6.58 Å². The molecule has 0 rings (SSSR count). The van der Waals surface area contributed by atoms with E-state index in [0.717, 1.165) is 0 Å². The summed E-state index contributed by atoms with van der Waals surface area (Å²) in [6, 6.07) is 0. The summed E-state index contributed by atoms with van der Waals surface area (Å²) in [4.78, 5) is 0. The van der Waals surface area contributed by atoms with E-state index in [1.807, 2.05) is 6.92 Å². The minimum Gasteiger partial charge on any atom is -1.00 e. The van der Waals surface area contributed by atoms with Gasteiger partial charge >= 0.3 is 23.1 Å². The van der Waals surface area contributed by atoms with Gasteiger partial charge in [0, 0.05) is 0 Å². The zero-order chi connectivity index (χ0) is 3.41. The molecular weight excluding hydrogens is 72.3 g/mol. The standard InChI is InChI=1S/C4H6.Mg.2H/c1-3-4-2;;;/h4H,1H2,2H3;;;/q;+2;2*-1. The van der Waals surface area contributed by atoms with E-state index in [0.29, 0.717) is 0 Å². The van der Waals surface area contributed by atoms with Gasteiger partial charge in [-0.05, 0) is 13.0 Å². The number of rotatable bonds is 0. The fraction of sp³-hybridized carbons (Fsp3) is 0.250. The second-order valence-corrected chi connectivity index (χ2v) is 0.493. The van der Waals surface area contributed by atoms with E-state index < -0.39 is 0 Å². The Labute approximate surface area is 51.7 Å². The molecule has 0 aliphatic heterocycles. The zero-order valence-corrected chi connectivity index (χ0v) is 4.91. The van der Waals surface area contributed by atoms with Gasteiger partial charge in [-0.25, -0.2) is 0 Å². The predicted molar refractivity (Wildman–Crippen MR) is 27.4 cm³/mol. The molecule has 0 spiro atoms. The van der Waals surface area contributed by atoms with Crippen LogP contribution in [0, 0.1) is 0 Å². The molecule has 0 atom stereocenters. The van der Waals surface area contributed by atoms with Gasteiger partial charge < -0.3 is 2.85 Å². The van der Waals surface area contributed by atoms with Crippen LogP contribution in [0.25, 0.3) is 0 Å². The summed E-state index contributed by atoms with van der Waals surface area (Å²) in [7, 11) is 0. The summed E-state index contributed by atoms with van der Waals surface area (Å²) in [6.07, 6.45) is 1.76. The van der Waals surface area contributed by atoms with Crippen molar-refractivity contribution in [3.8, 4) is 0 Å². The van der Waals surface area contributed by atoms with E-state index in [1.54, 1.807) is 6.08 Å². The first-order chi connectivity index (χ1) is 1.91. The van der Waals surface area contributed by atoms with Crippen molar-refractivity contribution in [2.75, 3.05) is 0 Å². The van der Waals surface area contributed by atoms with Crippen molar-refractivity contribution in [3.05, 3.63) is 18.4 Å². The largest absolute Gasteiger partial charge is 2.00 e. The third-order valence-corrected chi connectivity index (χ3v) is 0.204. The molecule has 0 radical (unpaired) electrons. The fourth-order valence-corrected chi connectivity index (χ4v) is 0. The Hall–Kier alpha value is 0.286. The quantitative estimate of drug-likeness (QED) is 0.303. The molecule has 0 N–H and O–H groups in total. The molecule has 5 heavy (non-hydrogen) atoms. The van der Waals surface area contributed by atoms with E-state index in [4.69, 9.17) is 0 Å². The van der Waals surface area contributed by atoms with E-state index in [-0.39, 0.29) is 25.9 Å². The monoisotopic (exact) mass is 80.0 g/mol. The predicted octanol–water partition coefficient (Wildman–Crippen LogP) is 1.19. The van der Waals surface area contributed by atoms with E-state index in [9.17, 15) is 0 Å². The molecule has 0 saturated heterocycles. The summed E-state index contributed by atoms with van der Waals surface area (Å²) in [5, 5.41) is 0. The Morgan fingerprint density at radius 2 is 2.20 bits per heavy atom. The summed E-state index contributed by atoms with van der Waals surface area (Å²) in [5.41, 5.74) is 2.56. The summed E-state index contributed by atoms with van der Waals surface area (Å²) < 4.78 is 0. The molecule has 0 aromatic rings. The summed E-state index contributed by atoms with van der Waals surface area (Å²) in [6.45, 7) is 5.18. The Morgan fingerprint density at radius 1 is 2.00 bits per heavy atom. The Balaban J connectivity index is -0.0000000150. The van der Waals surface area contributed by atoms with Crippen LogP contribution in [0.2, 0.25) is 0 Å². The number of hydrogen-bond donors (Lipinski definition) is 0. The van der Waals surface area contributed by atoms with Crippen LogP contribution in [0.1, 0.15) is 9.78 Å². The van der Waals surface area contributed by atoms with E-state index in [1.165, 1.54) is 0 Å². The van der Waals surface area contributed by atoms with Crippen LogP contribution in [-0.4, -0.2) is 23.1 Å². The second-order valence-electron chi connectivity index (χ2n) is 0.493. The third kappa shape index (κ3) is 13.5. The van der Waals surface area contributed by atoms with E-state index >= 15 is 0 Å². The molecule has 0 bridgehead atoms. The van der Waals surface area contributed by atoms with Crippen LogP contribution in [0.3, 0.4) is 0 Å². The maximum absolute atomic E-state index is 3.30. The Bertz CT molecular complexity index is 47.7. The van der Waals surface area contributed by atoms with Crippen molar-refractivity contribution in [2.45, 2.75) is 6.92 Å². The molecule has 0 amide bonds. The molecule has 0 aliphatic rings. The third-order valence-electron chi connectivity index (χ3n) is 0.204. The second kappa shape index (κ2) is 8.86. The molecular formula is C4H8Mg. The minimum absolute atomic E-state index is 0. The molecule has 0 heterocycles. The first kappa shape index (κ1) is 8.99. The van der Waals surface area contributed by atoms with Crippen molar-refractivity contribution < 1.29 is 2.85 Å². The maximum atomic E-state index is 3.30. The van der Waals surface area contributed by atoms with Crippen LogP contribution in [0.4, 0.5) is 0 Å². The van der Waals surface area contributed by atoms with Crippen molar-refractivity contribution in [1.29, 1.82) is 0 Å². The van der Waals surface area contributed by atoms with Gasteiger partial charge in [0.2, 0.25) is 0 Å². The summed E-state index contributed by atoms with van der Waals surface area (Å²) >= 11 is 0. The van der Waals surface area contributed by atoms with Crippen molar-refractivity contribution >= 4 is 23.1 Å². The van der Waals surface area contributed by atoms with Gasteiger partial charge in [-0.2, -0.15) is 0 Å². The van der Waals surface area contributed by atoms with Crippen molar-refractivity contribution in [1.82, 2.24) is 0 Å². The molecule has 0 unspecified atom stereocenters. The number of hydrogen-bond acceptors (Lipinski definition) is 0. The Morgan fingerprint density at radius 3 is 2.20 bits per heavy atom. The average Bonchev–Trinajstić information content (AvgIpc) is 1.37.